The van der Waals surface area contributed by atoms with Crippen LogP contribution in [0.1, 0.15) is 42.1 Å². The molecule has 2 aromatic rings. The first-order valence-electron chi connectivity index (χ1n) is 8.08. The van der Waals surface area contributed by atoms with E-state index in [1.54, 1.807) is 12.1 Å². The fourth-order valence-electron chi connectivity index (χ4n) is 2.17. The van der Waals surface area contributed by atoms with E-state index < -0.39 is 17.6 Å². The minimum atomic E-state index is -4.40. The van der Waals surface area contributed by atoms with Gasteiger partial charge in [-0.25, -0.2) is 4.98 Å². The fraction of sp³-hybridized carbons (Fsp3) is 0.333. The van der Waals surface area contributed by atoms with Crippen molar-refractivity contribution in [3.63, 3.8) is 0 Å². The van der Waals surface area contributed by atoms with Crippen LogP contribution in [0.4, 0.5) is 24.7 Å². The Morgan fingerprint density at radius 1 is 1.08 bits per heavy atom. The van der Waals surface area contributed by atoms with Gasteiger partial charge in [-0.15, -0.1) is 0 Å². The number of amides is 1. The maximum Gasteiger partial charge on any atom is 0.416 e. The molecule has 0 unspecified atom stereocenters. The highest BCUT2D eigenvalue weighted by Crippen LogP contribution is 2.29. The van der Waals surface area contributed by atoms with Crippen LogP contribution in [0.2, 0.25) is 0 Å². The average Bonchev–Trinajstić information content (AvgIpc) is 2.59. The lowest BCUT2D eigenvalue weighted by Crippen LogP contribution is -2.13. The molecule has 4 nitrogen and oxygen atoms in total. The summed E-state index contributed by atoms with van der Waals surface area (Å²) in [5.74, 6) is 0.256. The summed E-state index contributed by atoms with van der Waals surface area (Å²) in [5, 5.41) is 5.72. The minimum Gasteiger partial charge on any atom is -0.370 e. The molecule has 0 bridgehead atoms. The predicted molar refractivity (Wildman–Crippen MR) is 91.6 cm³/mol. The van der Waals surface area contributed by atoms with Gasteiger partial charge in [-0.2, -0.15) is 13.2 Å². The van der Waals surface area contributed by atoms with Crippen molar-refractivity contribution in [2.24, 2.45) is 0 Å². The monoisotopic (exact) mass is 351 g/mol. The van der Waals surface area contributed by atoms with Crippen LogP contribution >= 0.6 is 0 Å². The van der Waals surface area contributed by atoms with Gasteiger partial charge in [0.2, 0.25) is 0 Å². The van der Waals surface area contributed by atoms with Crippen molar-refractivity contribution in [3.8, 4) is 0 Å². The Morgan fingerprint density at radius 3 is 2.36 bits per heavy atom. The van der Waals surface area contributed by atoms with Crippen LogP contribution in [0.3, 0.4) is 0 Å². The van der Waals surface area contributed by atoms with E-state index in [4.69, 9.17) is 0 Å². The third-order valence-electron chi connectivity index (χ3n) is 3.58. The second-order valence-electron chi connectivity index (χ2n) is 5.60. The predicted octanol–water partition coefficient (Wildman–Crippen LogP) is 4.95. The van der Waals surface area contributed by atoms with E-state index in [1.165, 1.54) is 18.3 Å². The van der Waals surface area contributed by atoms with Crippen LogP contribution < -0.4 is 10.6 Å². The van der Waals surface area contributed by atoms with Crippen molar-refractivity contribution in [2.75, 3.05) is 17.2 Å². The summed E-state index contributed by atoms with van der Waals surface area (Å²) in [4.78, 5) is 16.3. The van der Waals surface area contributed by atoms with Crippen molar-refractivity contribution in [2.45, 2.75) is 32.4 Å². The summed E-state index contributed by atoms with van der Waals surface area (Å²) in [5.41, 5.74) is -0.135. The maximum absolute atomic E-state index is 12.5. The smallest absolute Gasteiger partial charge is 0.370 e. The minimum absolute atomic E-state index is 0.291. The van der Waals surface area contributed by atoms with Crippen LogP contribution in [-0.4, -0.2) is 17.4 Å². The normalized spacial score (nSPS) is 11.2. The second-order valence-corrected chi connectivity index (χ2v) is 5.60. The van der Waals surface area contributed by atoms with Crippen LogP contribution in [0.25, 0.3) is 0 Å². The highest BCUT2D eigenvalue weighted by Gasteiger charge is 2.29. The molecule has 0 aliphatic carbocycles. The molecule has 1 aromatic heterocycles. The van der Waals surface area contributed by atoms with Gasteiger partial charge in [0.25, 0.3) is 5.91 Å². The number of benzene rings is 1. The molecule has 1 heterocycles. The molecular weight excluding hydrogens is 331 g/mol. The molecule has 0 fully saturated rings. The van der Waals surface area contributed by atoms with E-state index in [0.717, 1.165) is 37.9 Å². The third kappa shape index (κ3) is 5.77. The van der Waals surface area contributed by atoms with E-state index >= 15 is 0 Å². The molecule has 0 saturated heterocycles. The largest absolute Gasteiger partial charge is 0.416 e. The number of carbonyl (C=O) groups is 1. The number of nitrogens with one attached hydrogen (secondary N) is 2. The van der Waals surface area contributed by atoms with E-state index in [1.807, 2.05) is 0 Å². The number of aromatic nitrogens is 1. The van der Waals surface area contributed by atoms with Crippen LogP contribution in [-0.2, 0) is 6.18 Å². The third-order valence-corrected chi connectivity index (χ3v) is 3.58. The standard InChI is InChI=1S/C18H20F3N3O/c1-2-3-4-11-22-16-10-5-13(12-23-16)17(25)24-15-8-6-14(7-9-15)18(19,20)21/h5-10,12H,2-4,11H2,1H3,(H,22,23)(H,24,25). The number of pyridine rings is 1. The lowest BCUT2D eigenvalue weighted by atomic mass is 10.2. The first-order chi connectivity index (χ1) is 11.9. The van der Waals surface area contributed by atoms with Gasteiger partial charge in [-0.1, -0.05) is 19.8 Å². The topological polar surface area (TPSA) is 54.0 Å². The highest BCUT2D eigenvalue weighted by atomic mass is 19.4. The van der Waals surface area contributed by atoms with E-state index in [9.17, 15) is 18.0 Å². The number of nitrogens with zero attached hydrogens (tertiary/aromatic N) is 1. The van der Waals surface area contributed by atoms with E-state index in [2.05, 4.69) is 22.5 Å². The molecule has 2 N–H and O–H groups in total. The van der Waals surface area contributed by atoms with Crippen LogP contribution in [0.5, 0.6) is 0 Å². The van der Waals surface area contributed by atoms with Gasteiger partial charge >= 0.3 is 6.18 Å². The number of rotatable bonds is 7. The molecule has 1 aromatic carbocycles. The van der Waals surface area contributed by atoms with Gasteiger partial charge in [0, 0.05) is 18.4 Å². The molecule has 0 aliphatic heterocycles. The fourth-order valence-corrected chi connectivity index (χ4v) is 2.17. The number of halogens is 3. The quantitative estimate of drug-likeness (QED) is 0.694. The van der Waals surface area contributed by atoms with Gasteiger partial charge in [0.1, 0.15) is 5.82 Å². The number of unbranched alkanes of at least 4 members (excludes halogenated alkanes) is 2. The Kier molecular flexibility index (Phi) is 6.38. The summed E-state index contributed by atoms with van der Waals surface area (Å²) in [7, 11) is 0. The SMILES string of the molecule is CCCCCNc1ccc(C(=O)Nc2ccc(C(F)(F)F)cc2)cn1. The molecule has 2 rings (SSSR count). The zero-order valence-electron chi connectivity index (χ0n) is 13.9. The molecule has 0 spiro atoms. The first-order valence-corrected chi connectivity index (χ1v) is 8.08. The van der Waals surface area contributed by atoms with Crippen molar-refractivity contribution in [3.05, 3.63) is 53.7 Å². The molecule has 25 heavy (non-hydrogen) atoms. The Balaban J connectivity index is 1.92. The van der Waals surface area contributed by atoms with Gasteiger partial charge in [0.05, 0.1) is 11.1 Å². The van der Waals surface area contributed by atoms with Crippen LogP contribution in [0.15, 0.2) is 42.6 Å². The van der Waals surface area contributed by atoms with Crippen molar-refractivity contribution < 1.29 is 18.0 Å². The molecular formula is C18H20F3N3O. The van der Waals surface area contributed by atoms with Gasteiger partial charge in [-0.3, -0.25) is 4.79 Å². The average molecular weight is 351 g/mol. The number of alkyl halides is 3. The molecule has 0 aliphatic rings. The van der Waals surface area contributed by atoms with Gasteiger partial charge < -0.3 is 10.6 Å². The summed E-state index contributed by atoms with van der Waals surface area (Å²) in [6, 6.07) is 7.62. The summed E-state index contributed by atoms with van der Waals surface area (Å²) in [6.07, 6.45) is 0.362. The molecule has 7 heteroatoms. The molecule has 1 amide bonds. The number of hydrogen-bond acceptors (Lipinski definition) is 3. The number of carbonyl (C=O) groups excluding carboxylic acids is 1. The number of anilines is 2. The Bertz CT molecular complexity index is 682. The summed E-state index contributed by atoms with van der Waals surface area (Å²) in [6.45, 7) is 2.94. The number of hydrogen-bond donors (Lipinski definition) is 2. The lowest BCUT2D eigenvalue weighted by Gasteiger charge is -2.09. The Labute approximate surface area is 144 Å². The molecule has 134 valence electrons. The molecule has 0 saturated carbocycles. The Hall–Kier alpha value is -2.57. The summed E-state index contributed by atoms with van der Waals surface area (Å²) < 4.78 is 37.5. The highest BCUT2D eigenvalue weighted by molar-refractivity contribution is 6.04. The Morgan fingerprint density at radius 2 is 1.80 bits per heavy atom. The van der Waals surface area contributed by atoms with Crippen molar-refractivity contribution in [1.29, 1.82) is 0 Å². The lowest BCUT2D eigenvalue weighted by molar-refractivity contribution is -0.137. The zero-order chi connectivity index (χ0) is 18.3. The van der Waals surface area contributed by atoms with Crippen LogP contribution in [0, 0.1) is 0 Å². The summed E-state index contributed by atoms with van der Waals surface area (Å²) >= 11 is 0. The van der Waals surface area contributed by atoms with Crippen molar-refractivity contribution in [1.82, 2.24) is 4.98 Å². The molecule has 0 atom stereocenters. The van der Waals surface area contributed by atoms with Gasteiger partial charge in [0.15, 0.2) is 0 Å². The first kappa shape index (κ1) is 18.8. The van der Waals surface area contributed by atoms with E-state index in [0.29, 0.717) is 17.1 Å². The second kappa shape index (κ2) is 8.50. The molecule has 0 radical (unpaired) electrons. The van der Waals surface area contributed by atoms with E-state index in [-0.39, 0.29) is 0 Å². The van der Waals surface area contributed by atoms with Gasteiger partial charge in [-0.05, 0) is 42.8 Å². The van der Waals surface area contributed by atoms with Crippen molar-refractivity contribution >= 4 is 17.4 Å². The zero-order valence-corrected chi connectivity index (χ0v) is 13.9. The maximum atomic E-state index is 12.5.